The molecule has 2 aliphatic rings. The minimum absolute atomic E-state index is 0.0796. The van der Waals surface area contributed by atoms with Gasteiger partial charge in [0.05, 0.1) is 18.8 Å². The molecule has 166 valence electrons. The molecule has 2 fully saturated rings. The van der Waals surface area contributed by atoms with Crippen molar-refractivity contribution in [3.05, 3.63) is 69.8 Å². The molecule has 0 amide bonds. The molecule has 2 aromatic rings. The second kappa shape index (κ2) is 10.7. The minimum Gasteiger partial charge on any atom is -0.507 e. The summed E-state index contributed by atoms with van der Waals surface area (Å²) in [5.41, 5.74) is 1.79. The first-order valence-electron chi connectivity index (χ1n) is 11.0. The number of piperazine rings is 1. The van der Waals surface area contributed by atoms with Crippen molar-refractivity contribution in [2.75, 3.05) is 59.0 Å². The Labute approximate surface area is 183 Å². The van der Waals surface area contributed by atoms with Crippen LogP contribution in [0.5, 0.6) is 5.75 Å². The van der Waals surface area contributed by atoms with E-state index in [1.807, 2.05) is 18.2 Å². The summed E-state index contributed by atoms with van der Waals surface area (Å²) >= 11 is 0. The largest absolute Gasteiger partial charge is 0.507 e. The van der Waals surface area contributed by atoms with E-state index in [2.05, 4.69) is 39.0 Å². The van der Waals surface area contributed by atoms with Crippen molar-refractivity contribution in [3.8, 4) is 5.75 Å². The van der Waals surface area contributed by atoms with Crippen molar-refractivity contribution >= 4 is 6.08 Å². The molecule has 1 N–H and O–H groups in total. The topological polar surface area (TPSA) is 69.4 Å². The third-order valence-electron chi connectivity index (χ3n) is 5.96. The molecule has 7 nitrogen and oxygen atoms in total. The Bertz CT molecular complexity index is 914. The lowest BCUT2D eigenvalue weighted by Gasteiger charge is -2.34. The zero-order valence-electron chi connectivity index (χ0n) is 17.9. The third kappa shape index (κ3) is 6.04. The molecule has 1 aromatic carbocycles. The summed E-state index contributed by atoms with van der Waals surface area (Å²) in [4.78, 5) is 19.1. The lowest BCUT2D eigenvalue weighted by Crippen LogP contribution is -2.46. The Hall–Kier alpha value is -2.45. The Morgan fingerprint density at radius 1 is 0.903 bits per heavy atom. The van der Waals surface area contributed by atoms with E-state index in [0.717, 1.165) is 45.8 Å². The van der Waals surface area contributed by atoms with E-state index in [9.17, 15) is 9.90 Å². The van der Waals surface area contributed by atoms with Crippen LogP contribution in [0.15, 0.2) is 51.9 Å². The molecule has 0 saturated carbocycles. The van der Waals surface area contributed by atoms with Gasteiger partial charge in [-0.05, 0) is 5.56 Å². The van der Waals surface area contributed by atoms with E-state index in [0.29, 0.717) is 37.4 Å². The fourth-order valence-electron chi connectivity index (χ4n) is 4.05. The maximum atomic E-state index is 12.3. The summed E-state index contributed by atoms with van der Waals surface area (Å²) in [6, 6.07) is 10.3. The molecule has 7 heteroatoms. The quantitative estimate of drug-likeness (QED) is 0.728. The molecule has 0 unspecified atom stereocenters. The van der Waals surface area contributed by atoms with Crippen LogP contribution in [0.2, 0.25) is 0 Å². The fraction of sp³-hybridized carbons (Fsp3) is 0.458. The highest BCUT2D eigenvalue weighted by atomic mass is 16.5. The lowest BCUT2D eigenvalue weighted by atomic mass is 10.1. The summed E-state index contributed by atoms with van der Waals surface area (Å²) in [6.45, 7) is 8.46. The van der Waals surface area contributed by atoms with Crippen LogP contribution < -0.4 is 5.63 Å². The van der Waals surface area contributed by atoms with Crippen LogP contribution >= 0.6 is 0 Å². The summed E-state index contributed by atoms with van der Waals surface area (Å²) in [7, 11) is 0. The normalized spacial score (nSPS) is 19.2. The number of rotatable bonds is 7. The van der Waals surface area contributed by atoms with E-state index >= 15 is 0 Å². The van der Waals surface area contributed by atoms with Gasteiger partial charge in [-0.3, -0.25) is 14.7 Å². The lowest BCUT2D eigenvalue weighted by molar-refractivity contribution is 0.0335. The van der Waals surface area contributed by atoms with Crippen molar-refractivity contribution in [2.24, 2.45) is 0 Å². The molecule has 0 aliphatic carbocycles. The zero-order chi connectivity index (χ0) is 21.5. The van der Waals surface area contributed by atoms with E-state index in [4.69, 9.17) is 9.15 Å². The van der Waals surface area contributed by atoms with Gasteiger partial charge in [-0.25, -0.2) is 4.79 Å². The molecule has 3 heterocycles. The Morgan fingerprint density at radius 2 is 1.58 bits per heavy atom. The average Bonchev–Trinajstić information content (AvgIpc) is 2.81. The molecule has 0 atom stereocenters. The van der Waals surface area contributed by atoms with Gasteiger partial charge in [-0.15, -0.1) is 0 Å². The first kappa shape index (κ1) is 21.8. The van der Waals surface area contributed by atoms with Gasteiger partial charge in [0, 0.05) is 64.5 Å². The number of ether oxygens (including phenoxy) is 1. The van der Waals surface area contributed by atoms with Crippen molar-refractivity contribution in [2.45, 2.75) is 13.1 Å². The fourth-order valence-corrected chi connectivity index (χ4v) is 4.05. The molecule has 31 heavy (non-hydrogen) atoms. The minimum atomic E-state index is -0.448. The zero-order valence-corrected chi connectivity index (χ0v) is 17.9. The highest BCUT2D eigenvalue weighted by Crippen LogP contribution is 2.23. The standard InChI is InChI=1S/C24H31N3O4/c28-23-21(17-27-13-15-30-16-14-27)19-31-24(29)22(23)18-26-11-9-25(10-12-26)8-4-7-20-5-2-1-3-6-20/h1-7,19,28H,8-18H2. The number of morpholine rings is 1. The van der Waals surface area contributed by atoms with Crippen molar-refractivity contribution in [3.63, 3.8) is 0 Å². The SMILES string of the molecule is O=c1occ(CN2CCOCC2)c(O)c1CN1CCN(CC=Cc2ccccc2)CC1. The maximum absolute atomic E-state index is 12.3. The monoisotopic (exact) mass is 425 g/mol. The van der Waals surface area contributed by atoms with Gasteiger partial charge in [0.15, 0.2) is 0 Å². The van der Waals surface area contributed by atoms with Gasteiger partial charge in [-0.1, -0.05) is 42.5 Å². The molecule has 0 radical (unpaired) electrons. The van der Waals surface area contributed by atoms with E-state index in [1.54, 1.807) is 0 Å². The maximum Gasteiger partial charge on any atom is 0.343 e. The highest BCUT2D eigenvalue weighted by molar-refractivity contribution is 5.48. The Balaban J connectivity index is 1.30. The smallest absolute Gasteiger partial charge is 0.343 e. The van der Waals surface area contributed by atoms with Gasteiger partial charge in [0.2, 0.25) is 0 Å². The molecule has 4 rings (SSSR count). The predicted molar refractivity (Wildman–Crippen MR) is 120 cm³/mol. The van der Waals surface area contributed by atoms with Crippen molar-refractivity contribution < 1.29 is 14.3 Å². The summed E-state index contributed by atoms with van der Waals surface area (Å²) in [6.07, 6.45) is 5.74. The number of hydrogen-bond acceptors (Lipinski definition) is 7. The van der Waals surface area contributed by atoms with Crippen LogP contribution in [0.4, 0.5) is 0 Å². The summed E-state index contributed by atoms with van der Waals surface area (Å²) < 4.78 is 10.6. The second-order valence-electron chi connectivity index (χ2n) is 8.15. The van der Waals surface area contributed by atoms with Gasteiger partial charge < -0.3 is 14.3 Å². The van der Waals surface area contributed by atoms with Gasteiger partial charge in [-0.2, -0.15) is 0 Å². The van der Waals surface area contributed by atoms with Crippen LogP contribution in [0.25, 0.3) is 6.08 Å². The van der Waals surface area contributed by atoms with Crippen LogP contribution in [0.3, 0.4) is 0 Å². The third-order valence-corrected chi connectivity index (χ3v) is 5.96. The van der Waals surface area contributed by atoms with Gasteiger partial charge in [0.25, 0.3) is 0 Å². The van der Waals surface area contributed by atoms with E-state index < -0.39 is 5.63 Å². The first-order chi connectivity index (χ1) is 15.2. The Morgan fingerprint density at radius 3 is 2.32 bits per heavy atom. The van der Waals surface area contributed by atoms with Crippen molar-refractivity contribution in [1.82, 2.24) is 14.7 Å². The van der Waals surface area contributed by atoms with Crippen LogP contribution in [0, 0.1) is 0 Å². The molecule has 0 bridgehead atoms. The van der Waals surface area contributed by atoms with Crippen LogP contribution in [-0.2, 0) is 17.8 Å². The second-order valence-corrected chi connectivity index (χ2v) is 8.15. The molecule has 1 aromatic heterocycles. The Kier molecular flexibility index (Phi) is 7.53. The van der Waals surface area contributed by atoms with Gasteiger partial charge >= 0.3 is 5.63 Å². The predicted octanol–water partition coefficient (Wildman–Crippen LogP) is 2.01. The van der Waals surface area contributed by atoms with Gasteiger partial charge in [0.1, 0.15) is 12.0 Å². The van der Waals surface area contributed by atoms with Crippen LogP contribution in [-0.4, -0.2) is 78.8 Å². The number of hydrogen-bond donors (Lipinski definition) is 1. The van der Waals surface area contributed by atoms with Crippen LogP contribution in [0.1, 0.15) is 16.7 Å². The van der Waals surface area contributed by atoms with Crippen molar-refractivity contribution in [1.29, 1.82) is 0 Å². The molecular weight excluding hydrogens is 394 g/mol. The number of benzene rings is 1. The van der Waals surface area contributed by atoms with E-state index in [1.165, 1.54) is 11.8 Å². The van der Waals surface area contributed by atoms with E-state index in [-0.39, 0.29) is 5.75 Å². The summed E-state index contributed by atoms with van der Waals surface area (Å²) in [5, 5.41) is 10.7. The molecular formula is C24H31N3O4. The highest BCUT2D eigenvalue weighted by Gasteiger charge is 2.22. The molecule has 0 spiro atoms. The summed E-state index contributed by atoms with van der Waals surface area (Å²) in [5.74, 6) is 0.0796. The average molecular weight is 426 g/mol. The molecule has 2 aliphatic heterocycles. The molecule has 2 saturated heterocycles. The number of aromatic hydroxyl groups is 1. The first-order valence-corrected chi connectivity index (χ1v) is 11.0. The number of nitrogens with zero attached hydrogens (tertiary/aromatic N) is 3.